The lowest BCUT2D eigenvalue weighted by molar-refractivity contribution is 0.0949. The molecule has 27 heavy (non-hydrogen) atoms. The Balaban J connectivity index is 1.50. The molecule has 0 aliphatic heterocycles. The second-order valence-corrected chi connectivity index (χ2v) is 8.47. The topological polar surface area (TPSA) is 45.2 Å². The fourth-order valence-corrected chi connectivity index (χ4v) is 4.80. The molecular weight excluding hydrogens is 374 g/mol. The van der Waals surface area contributed by atoms with Gasteiger partial charge in [0.05, 0.1) is 10.2 Å². The monoisotopic (exact) mass is 399 g/mol. The summed E-state index contributed by atoms with van der Waals surface area (Å²) in [6, 6.07) is 16.1. The van der Waals surface area contributed by atoms with Gasteiger partial charge in [0.2, 0.25) is 0 Å². The number of nitrogens with one attached hydrogen (secondary N) is 1. The Hall–Kier alpha value is -1.89. The zero-order valence-electron chi connectivity index (χ0n) is 15.8. The molecule has 142 valence electrons. The Kier molecular flexibility index (Phi) is 7.26. The molecule has 1 amide bonds. The SMILES string of the molecule is CCN(CC)CCNC(=O)c1ccc(CSc2nc3ccccc3s2)cc1. The minimum absolute atomic E-state index is 0.00691. The minimum Gasteiger partial charge on any atom is -0.351 e. The molecule has 4 nitrogen and oxygen atoms in total. The van der Waals surface area contributed by atoms with Gasteiger partial charge in [0.25, 0.3) is 5.91 Å². The van der Waals surface area contributed by atoms with Crippen LogP contribution < -0.4 is 5.32 Å². The maximum atomic E-state index is 12.2. The van der Waals surface area contributed by atoms with Crippen molar-refractivity contribution in [1.29, 1.82) is 0 Å². The van der Waals surface area contributed by atoms with Crippen molar-refractivity contribution in [2.75, 3.05) is 26.2 Å². The fraction of sp³-hybridized carbons (Fsp3) is 0.333. The molecule has 0 atom stereocenters. The zero-order valence-corrected chi connectivity index (χ0v) is 17.4. The maximum absolute atomic E-state index is 12.2. The van der Waals surface area contributed by atoms with Crippen molar-refractivity contribution in [3.63, 3.8) is 0 Å². The van der Waals surface area contributed by atoms with Crippen molar-refractivity contribution < 1.29 is 4.79 Å². The van der Waals surface area contributed by atoms with E-state index in [2.05, 4.69) is 35.1 Å². The van der Waals surface area contributed by atoms with E-state index >= 15 is 0 Å². The van der Waals surface area contributed by atoms with Gasteiger partial charge in [0, 0.05) is 24.4 Å². The number of carbonyl (C=O) groups is 1. The van der Waals surface area contributed by atoms with Crippen LogP contribution in [-0.4, -0.2) is 42.0 Å². The Morgan fingerprint density at radius 3 is 2.56 bits per heavy atom. The average Bonchev–Trinajstić information content (AvgIpc) is 3.13. The van der Waals surface area contributed by atoms with Crippen molar-refractivity contribution in [2.45, 2.75) is 23.9 Å². The molecule has 0 saturated carbocycles. The lowest BCUT2D eigenvalue weighted by Gasteiger charge is -2.17. The number of benzene rings is 2. The van der Waals surface area contributed by atoms with Gasteiger partial charge in [-0.15, -0.1) is 11.3 Å². The molecular formula is C21H25N3OS2. The summed E-state index contributed by atoms with van der Waals surface area (Å²) in [6.07, 6.45) is 0. The van der Waals surface area contributed by atoms with Gasteiger partial charge >= 0.3 is 0 Å². The summed E-state index contributed by atoms with van der Waals surface area (Å²) in [7, 11) is 0. The van der Waals surface area contributed by atoms with Gasteiger partial charge in [-0.1, -0.05) is 49.9 Å². The largest absolute Gasteiger partial charge is 0.351 e. The van der Waals surface area contributed by atoms with E-state index < -0.39 is 0 Å². The Morgan fingerprint density at radius 1 is 1.11 bits per heavy atom. The number of thiazole rings is 1. The molecule has 0 radical (unpaired) electrons. The third-order valence-electron chi connectivity index (χ3n) is 4.46. The number of para-hydroxylation sites is 1. The minimum atomic E-state index is -0.00691. The number of amides is 1. The Labute approximate surface area is 169 Å². The van der Waals surface area contributed by atoms with Crippen LogP contribution in [0.25, 0.3) is 10.2 Å². The fourth-order valence-electron chi connectivity index (χ4n) is 2.78. The van der Waals surface area contributed by atoms with E-state index in [1.54, 1.807) is 23.1 Å². The molecule has 0 bridgehead atoms. The number of likely N-dealkylation sites (N-methyl/N-ethyl adjacent to an activating group) is 1. The van der Waals surface area contributed by atoms with E-state index in [0.29, 0.717) is 12.1 Å². The molecule has 1 heterocycles. The predicted octanol–water partition coefficient (Wildman–Crippen LogP) is 4.66. The van der Waals surface area contributed by atoms with E-state index in [4.69, 9.17) is 0 Å². The average molecular weight is 400 g/mol. The van der Waals surface area contributed by atoms with Gasteiger partial charge in [-0.2, -0.15) is 0 Å². The van der Waals surface area contributed by atoms with Crippen LogP contribution in [0.5, 0.6) is 0 Å². The first-order valence-corrected chi connectivity index (χ1v) is 11.1. The molecule has 1 aromatic heterocycles. The molecule has 0 aliphatic rings. The van der Waals surface area contributed by atoms with Crippen LogP contribution in [0.4, 0.5) is 0 Å². The van der Waals surface area contributed by atoms with E-state index in [1.165, 1.54) is 10.3 Å². The number of thioether (sulfide) groups is 1. The highest BCUT2D eigenvalue weighted by Gasteiger charge is 2.07. The van der Waals surface area contributed by atoms with Crippen molar-refractivity contribution in [1.82, 2.24) is 15.2 Å². The summed E-state index contributed by atoms with van der Waals surface area (Å²) in [5.41, 5.74) is 2.96. The molecule has 6 heteroatoms. The number of aromatic nitrogens is 1. The highest BCUT2D eigenvalue weighted by molar-refractivity contribution is 8.00. The number of carbonyl (C=O) groups excluding carboxylic acids is 1. The summed E-state index contributed by atoms with van der Waals surface area (Å²) in [5, 5.41) is 3.00. The van der Waals surface area contributed by atoms with Crippen molar-refractivity contribution >= 4 is 39.2 Å². The number of fused-ring (bicyclic) bond motifs is 1. The quantitative estimate of drug-likeness (QED) is 0.532. The molecule has 0 saturated heterocycles. The number of hydrogen-bond donors (Lipinski definition) is 1. The van der Waals surface area contributed by atoms with Gasteiger partial charge < -0.3 is 10.2 Å². The summed E-state index contributed by atoms with van der Waals surface area (Å²) < 4.78 is 2.30. The number of nitrogens with zero attached hydrogens (tertiary/aromatic N) is 2. The standard InChI is InChI=1S/C21H25N3OS2/c1-3-24(4-2)14-13-22-20(25)17-11-9-16(10-12-17)15-26-21-23-18-7-5-6-8-19(18)27-21/h5-12H,3-4,13-15H2,1-2H3,(H,22,25). The highest BCUT2D eigenvalue weighted by atomic mass is 32.2. The van der Waals surface area contributed by atoms with Gasteiger partial charge in [-0.25, -0.2) is 4.98 Å². The van der Waals surface area contributed by atoms with E-state index in [0.717, 1.165) is 35.2 Å². The van der Waals surface area contributed by atoms with E-state index in [9.17, 15) is 4.79 Å². The third-order valence-corrected chi connectivity index (χ3v) is 6.71. The van der Waals surface area contributed by atoms with Gasteiger partial charge in [-0.3, -0.25) is 4.79 Å². The molecule has 1 N–H and O–H groups in total. The first-order chi connectivity index (χ1) is 13.2. The highest BCUT2D eigenvalue weighted by Crippen LogP contribution is 2.31. The molecule has 0 aliphatic carbocycles. The van der Waals surface area contributed by atoms with Crippen LogP contribution in [0.1, 0.15) is 29.8 Å². The molecule has 3 rings (SSSR count). The Morgan fingerprint density at radius 2 is 1.85 bits per heavy atom. The predicted molar refractivity (Wildman–Crippen MR) is 116 cm³/mol. The van der Waals surface area contributed by atoms with Crippen molar-refractivity contribution in [3.8, 4) is 0 Å². The van der Waals surface area contributed by atoms with Crippen LogP contribution >= 0.6 is 23.1 Å². The Bertz CT molecular complexity index is 840. The van der Waals surface area contributed by atoms with Gasteiger partial charge in [0.15, 0.2) is 4.34 Å². The zero-order chi connectivity index (χ0) is 19.1. The van der Waals surface area contributed by atoms with E-state index in [-0.39, 0.29) is 5.91 Å². The van der Waals surface area contributed by atoms with Gasteiger partial charge in [-0.05, 0) is 42.9 Å². The summed E-state index contributed by atoms with van der Waals surface area (Å²) in [6.45, 7) is 7.85. The second-order valence-electron chi connectivity index (χ2n) is 6.22. The summed E-state index contributed by atoms with van der Waals surface area (Å²) in [4.78, 5) is 19.2. The van der Waals surface area contributed by atoms with Gasteiger partial charge in [0.1, 0.15) is 0 Å². The van der Waals surface area contributed by atoms with Crippen LogP contribution in [-0.2, 0) is 5.75 Å². The first kappa shape index (κ1) is 19.9. The van der Waals surface area contributed by atoms with Crippen molar-refractivity contribution in [3.05, 3.63) is 59.7 Å². The lowest BCUT2D eigenvalue weighted by atomic mass is 10.1. The molecule has 0 fully saturated rings. The normalized spacial score (nSPS) is 11.2. The van der Waals surface area contributed by atoms with Crippen molar-refractivity contribution in [2.24, 2.45) is 0 Å². The summed E-state index contributed by atoms with van der Waals surface area (Å²) in [5.74, 6) is 0.844. The van der Waals surface area contributed by atoms with Crippen LogP contribution in [0.15, 0.2) is 52.9 Å². The molecule has 2 aromatic carbocycles. The first-order valence-electron chi connectivity index (χ1n) is 9.27. The smallest absolute Gasteiger partial charge is 0.251 e. The summed E-state index contributed by atoms with van der Waals surface area (Å²) >= 11 is 3.46. The molecule has 0 unspecified atom stereocenters. The van der Waals surface area contributed by atoms with Crippen LogP contribution in [0, 0.1) is 0 Å². The second kappa shape index (κ2) is 9.88. The molecule has 0 spiro atoms. The number of hydrogen-bond acceptors (Lipinski definition) is 5. The molecule has 3 aromatic rings. The van der Waals surface area contributed by atoms with E-state index in [1.807, 2.05) is 42.5 Å². The van der Waals surface area contributed by atoms with Crippen LogP contribution in [0.3, 0.4) is 0 Å². The third kappa shape index (κ3) is 5.54. The number of rotatable bonds is 9. The van der Waals surface area contributed by atoms with Crippen LogP contribution in [0.2, 0.25) is 0 Å². The lowest BCUT2D eigenvalue weighted by Crippen LogP contribution is -2.34. The maximum Gasteiger partial charge on any atom is 0.251 e.